The van der Waals surface area contributed by atoms with E-state index in [0.29, 0.717) is 19.3 Å². The van der Waals surface area contributed by atoms with Gasteiger partial charge in [0.25, 0.3) is 0 Å². The number of rotatable bonds is 46. The Hall–Kier alpha value is -1.59. The Morgan fingerprint density at radius 3 is 0.983 bits per heavy atom. The molecule has 0 saturated carbocycles. The van der Waals surface area contributed by atoms with Crippen molar-refractivity contribution in [3.05, 3.63) is 0 Å². The number of esters is 3. The van der Waals surface area contributed by atoms with Crippen molar-refractivity contribution in [3.8, 4) is 0 Å². The molecule has 344 valence electrons. The summed E-state index contributed by atoms with van der Waals surface area (Å²) in [6.07, 6.45) is 45.4. The molecule has 0 bridgehead atoms. The van der Waals surface area contributed by atoms with E-state index in [9.17, 15) is 14.4 Å². The van der Waals surface area contributed by atoms with Gasteiger partial charge in [0.15, 0.2) is 6.10 Å². The molecule has 0 aromatic carbocycles. The van der Waals surface area contributed by atoms with Crippen LogP contribution in [-0.4, -0.2) is 37.2 Å². The highest BCUT2D eigenvalue weighted by Crippen LogP contribution is 2.18. The zero-order chi connectivity index (χ0) is 42.6. The molecule has 0 aliphatic carbocycles. The Kier molecular flexibility index (Phi) is 43.7. The highest BCUT2D eigenvalue weighted by molar-refractivity contribution is 5.71. The fourth-order valence-electron chi connectivity index (χ4n) is 7.78. The second-order valence-electron chi connectivity index (χ2n) is 18.5. The molecule has 0 rings (SSSR count). The van der Waals surface area contributed by atoms with Crippen LogP contribution in [0.25, 0.3) is 0 Å². The van der Waals surface area contributed by atoms with E-state index in [-0.39, 0.29) is 31.1 Å². The van der Waals surface area contributed by atoms with E-state index in [1.807, 2.05) is 0 Å². The number of unbranched alkanes of at least 4 members (excludes halogenated alkanes) is 30. The van der Waals surface area contributed by atoms with Crippen molar-refractivity contribution < 1.29 is 28.6 Å². The second-order valence-corrected chi connectivity index (χ2v) is 18.5. The Morgan fingerprint density at radius 1 is 0.362 bits per heavy atom. The molecule has 0 fully saturated rings. The van der Waals surface area contributed by atoms with Gasteiger partial charge in [-0.1, -0.05) is 247 Å². The van der Waals surface area contributed by atoms with Gasteiger partial charge >= 0.3 is 17.9 Å². The Balaban J connectivity index is 4.11. The van der Waals surface area contributed by atoms with Crippen molar-refractivity contribution in [2.75, 3.05) is 13.2 Å². The summed E-state index contributed by atoms with van der Waals surface area (Å²) >= 11 is 0. The molecule has 0 aromatic heterocycles. The predicted octanol–water partition coefficient (Wildman–Crippen LogP) is 16.5. The quantitative estimate of drug-likeness (QED) is 0.0346. The van der Waals surface area contributed by atoms with Crippen molar-refractivity contribution >= 4 is 17.9 Å². The Labute approximate surface area is 361 Å². The first-order chi connectivity index (χ1) is 28.3. The van der Waals surface area contributed by atoms with Gasteiger partial charge in [0.2, 0.25) is 0 Å². The molecule has 0 radical (unpaired) electrons. The first-order valence-corrected chi connectivity index (χ1v) is 25.8. The molecule has 0 N–H and O–H groups in total. The van der Waals surface area contributed by atoms with Gasteiger partial charge in [-0.15, -0.1) is 0 Å². The summed E-state index contributed by atoms with van der Waals surface area (Å²) in [7, 11) is 0. The molecule has 0 saturated heterocycles. The van der Waals surface area contributed by atoms with Crippen LogP contribution in [0, 0.1) is 11.8 Å². The van der Waals surface area contributed by atoms with Crippen molar-refractivity contribution in [2.24, 2.45) is 11.8 Å². The molecule has 0 amide bonds. The first kappa shape index (κ1) is 56.4. The SMILES string of the molecule is CCCCCCCC(=O)OC[C@@H](COC(=O)CCCCCCCCCCCCCCCCC(C)C)OC(=O)CCCCCCCCCCCCCCCCC(C)CC. The van der Waals surface area contributed by atoms with Crippen LogP contribution in [-0.2, 0) is 28.6 Å². The summed E-state index contributed by atoms with van der Waals surface area (Å²) in [6, 6.07) is 0. The third-order valence-electron chi connectivity index (χ3n) is 12.1. The molecule has 0 spiro atoms. The minimum absolute atomic E-state index is 0.0646. The van der Waals surface area contributed by atoms with Gasteiger partial charge in [-0.2, -0.15) is 0 Å². The second kappa shape index (κ2) is 44.9. The minimum atomic E-state index is -0.759. The minimum Gasteiger partial charge on any atom is -0.462 e. The number of ether oxygens (including phenoxy) is 3. The number of carbonyl (C=O) groups is 3. The predicted molar refractivity (Wildman–Crippen MR) is 247 cm³/mol. The fourth-order valence-corrected chi connectivity index (χ4v) is 7.78. The van der Waals surface area contributed by atoms with E-state index in [1.54, 1.807) is 0 Å². The lowest BCUT2D eigenvalue weighted by atomic mass is 9.99. The lowest BCUT2D eigenvalue weighted by Crippen LogP contribution is -2.30. The van der Waals surface area contributed by atoms with Crippen LogP contribution in [0.5, 0.6) is 0 Å². The van der Waals surface area contributed by atoms with Gasteiger partial charge in [0, 0.05) is 19.3 Å². The van der Waals surface area contributed by atoms with Gasteiger partial charge in [-0.05, 0) is 31.1 Å². The zero-order valence-electron chi connectivity index (χ0n) is 39.7. The molecule has 0 aromatic rings. The van der Waals surface area contributed by atoms with Gasteiger partial charge in [-0.25, -0.2) is 0 Å². The van der Waals surface area contributed by atoms with E-state index < -0.39 is 6.10 Å². The van der Waals surface area contributed by atoms with E-state index >= 15 is 0 Å². The highest BCUT2D eigenvalue weighted by atomic mass is 16.6. The molecule has 2 atom stereocenters. The van der Waals surface area contributed by atoms with Crippen LogP contribution in [0.15, 0.2) is 0 Å². The molecule has 0 aliphatic rings. The van der Waals surface area contributed by atoms with Crippen LogP contribution in [0.1, 0.15) is 285 Å². The summed E-state index contributed by atoms with van der Waals surface area (Å²) in [6.45, 7) is 11.3. The van der Waals surface area contributed by atoms with E-state index in [0.717, 1.165) is 76.0 Å². The maximum absolute atomic E-state index is 12.7. The standard InChI is InChI=1S/C52H100O6/c1-6-8-9-30-37-42-50(53)56-45-49(46-57-51(54)43-38-33-28-24-20-16-12-10-14-18-22-26-31-35-40-47(3)4)58-52(55)44-39-34-29-25-21-17-13-11-15-19-23-27-32-36-41-48(5)7-2/h47-49H,6-46H2,1-5H3/t48?,49-/m0/s1. The monoisotopic (exact) mass is 821 g/mol. The molecule has 58 heavy (non-hydrogen) atoms. The summed E-state index contributed by atoms with van der Waals surface area (Å²) in [5.41, 5.74) is 0. The van der Waals surface area contributed by atoms with Gasteiger partial charge < -0.3 is 14.2 Å². The Morgan fingerprint density at radius 2 is 0.655 bits per heavy atom. The van der Waals surface area contributed by atoms with E-state index in [4.69, 9.17) is 14.2 Å². The van der Waals surface area contributed by atoms with Crippen LogP contribution in [0.3, 0.4) is 0 Å². The van der Waals surface area contributed by atoms with E-state index in [2.05, 4.69) is 34.6 Å². The van der Waals surface area contributed by atoms with Gasteiger partial charge in [-0.3, -0.25) is 14.4 Å². The molecule has 6 heteroatoms. The van der Waals surface area contributed by atoms with Crippen LogP contribution < -0.4 is 0 Å². The van der Waals surface area contributed by atoms with Crippen LogP contribution in [0.2, 0.25) is 0 Å². The first-order valence-electron chi connectivity index (χ1n) is 25.8. The lowest BCUT2D eigenvalue weighted by molar-refractivity contribution is -0.167. The maximum atomic E-state index is 12.7. The zero-order valence-corrected chi connectivity index (χ0v) is 39.7. The van der Waals surface area contributed by atoms with Crippen molar-refractivity contribution in [1.29, 1.82) is 0 Å². The molecular weight excluding hydrogens is 721 g/mol. The number of hydrogen-bond donors (Lipinski definition) is 0. The molecule has 6 nitrogen and oxygen atoms in total. The summed E-state index contributed by atoms with van der Waals surface area (Å²) in [4.78, 5) is 37.6. The molecule has 0 heterocycles. The summed E-state index contributed by atoms with van der Waals surface area (Å²) in [5.74, 6) is 0.877. The maximum Gasteiger partial charge on any atom is 0.306 e. The molecular formula is C52H100O6. The topological polar surface area (TPSA) is 78.9 Å². The summed E-state index contributed by atoms with van der Waals surface area (Å²) < 4.78 is 16.7. The van der Waals surface area contributed by atoms with Crippen molar-refractivity contribution in [3.63, 3.8) is 0 Å². The number of hydrogen-bond acceptors (Lipinski definition) is 6. The van der Waals surface area contributed by atoms with E-state index in [1.165, 1.54) is 167 Å². The van der Waals surface area contributed by atoms with Crippen LogP contribution >= 0.6 is 0 Å². The largest absolute Gasteiger partial charge is 0.462 e. The normalized spacial score (nSPS) is 12.5. The smallest absolute Gasteiger partial charge is 0.306 e. The van der Waals surface area contributed by atoms with Crippen molar-refractivity contribution in [1.82, 2.24) is 0 Å². The third-order valence-corrected chi connectivity index (χ3v) is 12.1. The highest BCUT2D eigenvalue weighted by Gasteiger charge is 2.19. The average molecular weight is 821 g/mol. The van der Waals surface area contributed by atoms with Crippen molar-refractivity contribution in [2.45, 2.75) is 291 Å². The van der Waals surface area contributed by atoms with Gasteiger partial charge in [0.05, 0.1) is 0 Å². The molecule has 0 aliphatic heterocycles. The fraction of sp³-hybridized carbons (Fsp3) is 0.942. The molecule has 1 unspecified atom stereocenters. The Bertz CT molecular complexity index is 887. The third kappa shape index (κ3) is 44.0. The lowest BCUT2D eigenvalue weighted by Gasteiger charge is -2.18. The van der Waals surface area contributed by atoms with Crippen LogP contribution in [0.4, 0.5) is 0 Å². The summed E-state index contributed by atoms with van der Waals surface area (Å²) in [5, 5.41) is 0. The van der Waals surface area contributed by atoms with Gasteiger partial charge in [0.1, 0.15) is 13.2 Å². The number of carbonyl (C=O) groups excluding carboxylic acids is 3. The average Bonchev–Trinajstić information content (AvgIpc) is 3.21.